The van der Waals surface area contributed by atoms with Crippen molar-refractivity contribution < 1.29 is 9.59 Å². The predicted octanol–water partition coefficient (Wildman–Crippen LogP) is 3.46. The minimum atomic E-state index is -0.115. The summed E-state index contributed by atoms with van der Waals surface area (Å²) >= 11 is 5.93. The van der Waals surface area contributed by atoms with E-state index in [-0.39, 0.29) is 11.8 Å². The number of benzene rings is 2. The number of nitrogens with one attached hydrogen (secondary N) is 3. The highest BCUT2D eigenvalue weighted by Crippen LogP contribution is 2.15. The van der Waals surface area contributed by atoms with Gasteiger partial charge in [-0.15, -0.1) is 0 Å². The average molecular weight is 360 g/mol. The molecular formula is C19H22ClN3O2. The molecule has 25 heavy (non-hydrogen) atoms. The smallest absolute Gasteiger partial charge is 0.221 e. The molecule has 5 nitrogen and oxygen atoms in total. The minimum Gasteiger partial charge on any atom is -0.384 e. The Kier molecular flexibility index (Phi) is 7.29. The molecule has 6 heteroatoms. The van der Waals surface area contributed by atoms with E-state index in [9.17, 15) is 9.59 Å². The monoisotopic (exact) mass is 359 g/mol. The lowest BCUT2D eigenvalue weighted by molar-refractivity contribution is -0.120. The molecule has 2 aromatic carbocycles. The average Bonchev–Trinajstić information content (AvgIpc) is 2.55. The molecule has 0 aliphatic rings. The minimum absolute atomic E-state index is 0.00690. The van der Waals surface area contributed by atoms with Gasteiger partial charge in [0.25, 0.3) is 0 Å². The Morgan fingerprint density at radius 2 is 1.76 bits per heavy atom. The fraction of sp³-hybridized carbons (Fsp3) is 0.263. The van der Waals surface area contributed by atoms with Gasteiger partial charge in [0.2, 0.25) is 11.8 Å². The van der Waals surface area contributed by atoms with Crippen molar-refractivity contribution in [3.63, 3.8) is 0 Å². The molecule has 0 fully saturated rings. The van der Waals surface area contributed by atoms with E-state index in [1.165, 1.54) is 6.92 Å². The van der Waals surface area contributed by atoms with Crippen LogP contribution >= 0.6 is 11.6 Å². The summed E-state index contributed by atoms with van der Waals surface area (Å²) in [5.41, 5.74) is 2.68. The van der Waals surface area contributed by atoms with Crippen LogP contribution in [0, 0.1) is 0 Å². The van der Waals surface area contributed by atoms with Gasteiger partial charge in [0, 0.05) is 42.8 Å². The fourth-order valence-corrected chi connectivity index (χ4v) is 2.57. The summed E-state index contributed by atoms with van der Waals surface area (Å²) in [7, 11) is 0. The molecule has 0 aliphatic carbocycles. The van der Waals surface area contributed by atoms with E-state index < -0.39 is 0 Å². The molecule has 2 amide bonds. The van der Waals surface area contributed by atoms with Crippen molar-refractivity contribution in [3.8, 4) is 0 Å². The third kappa shape index (κ3) is 7.27. The first-order valence-corrected chi connectivity index (χ1v) is 8.53. The zero-order valence-electron chi connectivity index (χ0n) is 14.1. The second-order valence-electron chi connectivity index (χ2n) is 5.67. The van der Waals surface area contributed by atoms with Crippen molar-refractivity contribution in [2.24, 2.45) is 0 Å². The topological polar surface area (TPSA) is 70.2 Å². The normalized spacial score (nSPS) is 10.2. The van der Waals surface area contributed by atoms with E-state index in [1.54, 1.807) is 0 Å². The van der Waals surface area contributed by atoms with Gasteiger partial charge in [-0.05, 0) is 42.3 Å². The molecular weight excluding hydrogens is 338 g/mol. The summed E-state index contributed by atoms with van der Waals surface area (Å²) in [4.78, 5) is 22.9. The van der Waals surface area contributed by atoms with E-state index in [4.69, 9.17) is 11.6 Å². The lowest BCUT2D eigenvalue weighted by atomic mass is 10.1. The van der Waals surface area contributed by atoms with Gasteiger partial charge in [0.05, 0.1) is 0 Å². The quantitative estimate of drug-likeness (QED) is 0.676. The van der Waals surface area contributed by atoms with Crippen LogP contribution in [0.5, 0.6) is 0 Å². The Hall–Kier alpha value is -2.53. The van der Waals surface area contributed by atoms with Crippen molar-refractivity contribution in [1.82, 2.24) is 5.32 Å². The lowest BCUT2D eigenvalue weighted by Crippen LogP contribution is -2.27. The summed E-state index contributed by atoms with van der Waals surface area (Å²) in [5.74, 6) is -0.122. The highest BCUT2D eigenvalue weighted by atomic mass is 35.5. The first-order valence-electron chi connectivity index (χ1n) is 8.15. The molecule has 132 valence electrons. The van der Waals surface area contributed by atoms with Crippen LogP contribution in [0.15, 0.2) is 48.5 Å². The standard InChI is InChI=1S/C19H22ClN3O2/c1-14(24)23-18-7-3-6-17(13-18)21-11-9-19(25)22-10-8-15-4-2-5-16(20)12-15/h2-7,12-13,21H,8-11H2,1H3,(H,22,25)(H,23,24). The van der Waals surface area contributed by atoms with Crippen molar-refractivity contribution in [1.29, 1.82) is 0 Å². The number of hydrogen-bond acceptors (Lipinski definition) is 3. The zero-order chi connectivity index (χ0) is 18.1. The van der Waals surface area contributed by atoms with Gasteiger partial charge in [-0.2, -0.15) is 0 Å². The van der Waals surface area contributed by atoms with Crippen LogP contribution in [0.1, 0.15) is 18.9 Å². The van der Waals surface area contributed by atoms with Gasteiger partial charge in [-0.1, -0.05) is 29.8 Å². The fourth-order valence-electron chi connectivity index (χ4n) is 2.36. The van der Waals surface area contributed by atoms with Gasteiger partial charge >= 0.3 is 0 Å². The highest BCUT2D eigenvalue weighted by Gasteiger charge is 2.02. The number of rotatable bonds is 8. The second kappa shape index (κ2) is 9.69. The molecule has 2 rings (SSSR count). The second-order valence-corrected chi connectivity index (χ2v) is 6.11. The molecule has 0 saturated carbocycles. The van der Waals surface area contributed by atoms with E-state index >= 15 is 0 Å². The van der Waals surface area contributed by atoms with Gasteiger partial charge in [0.15, 0.2) is 0 Å². The zero-order valence-corrected chi connectivity index (χ0v) is 14.9. The first-order chi connectivity index (χ1) is 12.0. The van der Waals surface area contributed by atoms with Gasteiger partial charge in [-0.3, -0.25) is 9.59 Å². The third-order valence-corrected chi connectivity index (χ3v) is 3.72. The maximum atomic E-state index is 11.9. The van der Waals surface area contributed by atoms with E-state index in [1.807, 2.05) is 48.5 Å². The maximum Gasteiger partial charge on any atom is 0.221 e. The van der Waals surface area contributed by atoms with Crippen LogP contribution in [0.2, 0.25) is 5.02 Å². The number of amides is 2. The molecule has 0 atom stereocenters. The summed E-state index contributed by atoms with van der Waals surface area (Å²) in [6.45, 7) is 2.57. The van der Waals surface area contributed by atoms with E-state index in [2.05, 4.69) is 16.0 Å². The van der Waals surface area contributed by atoms with Gasteiger partial charge in [0.1, 0.15) is 0 Å². The van der Waals surface area contributed by atoms with Crippen LogP contribution in [-0.4, -0.2) is 24.9 Å². The third-order valence-electron chi connectivity index (χ3n) is 3.49. The molecule has 0 heterocycles. The largest absolute Gasteiger partial charge is 0.384 e. The van der Waals surface area contributed by atoms with Crippen molar-refractivity contribution >= 4 is 34.8 Å². The predicted molar refractivity (Wildman–Crippen MR) is 102 cm³/mol. The molecule has 0 radical (unpaired) electrons. The van der Waals surface area contributed by atoms with Crippen LogP contribution in [0.3, 0.4) is 0 Å². The number of carbonyl (C=O) groups is 2. The Morgan fingerprint density at radius 3 is 2.52 bits per heavy atom. The van der Waals surface area contributed by atoms with Crippen molar-refractivity contribution in [2.75, 3.05) is 23.7 Å². The number of anilines is 2. The molecule has 0 spiro atoms. The van der Waals surface area contributed by atoms with Crippen LogP contribution in [0.25, 0.3) is 0 Å². The maximum absolute atomic E-state index is 11.9. The van der Waals surface area contributed by atoms with Crippen LogP contribution in [-0.2, 0) is 16.0 Å². The van der Waals surface area contributed by atoms with E-state index in [0.717, 1.165) is 23.4 Å². The molecule has 0 unspecified atom stereocenters. The molecule has 2 aromatic rings. The Balaban J connectivity index is 1.67. The first kappa shape index (κ1) is 18.8. The number of hydrogen-bond donors (Lipinski definition) is 3. The molecule has 0 bridgehead atoms. The lowest BCUT2D eigenvalue weighted by Gasteiger charge is -2.09. The summed E-state index contributed by atoms with van der Waals surface area (Å²) in [6.07, 6.45) is 1.12. The highest BCUT2D eigenvalue weighted by molar-refractivity contribution is 6.30. The Morgan fingerprint density at radius 1 is 1.00 bits per heavy atom. The Labute approximate surface area is 152 Å². The molecule has 0 saturated heterocycles. The van der Waals surface area contributed by atoms with Crippen LogP contribution < -0.4 is 16.0 Å². The van der Waals surface area contributed by atoms with E-state index in [0.29, 0.717) is 24.5 Å². The summed E-state index contributed by atoms with van der Waals surface area (Å²) in [5, 5.41) is 9.50. The van der Waals surface area contributed by atoms with Crippen LogP contribution in [0.4, 0.5) is 11.4 Å². The van der Waals surface area contributed by atoms with Crippen molar-refractivity contribution in [3.05, 3.63) is 59.1 Å². The van der Waals surface area contributed by atoms with Crippen molar-refractivity contribution in [2.45, 2.75) is 19.8 Å². The number of halogens is 1. The molecule has 0 aliphatic heterocycles. The number of carbonyl (C=O) groups excluding carboxylic acids is 2. The summed E-state index contributed by atoms with van der Waals surface area (Å²) in [6, 6.07) is 15.0. The summed E-state index contributed by atoms with van der Waals surface area (Å²) < 4.78 is 0. The molecule has 3 N–H and O–H groups in total. The van der Waals surface area contributed by atoms with Gasteiger partial charge in [-0.25, -0.2) is 0 Å². The molecule has 0 aromatic heterocycles. The SMILES string of the molecule is CC(=O)Nc1cccc(NCCC(=O)NCCc2cccc(Cl)c2)c1. The van der Waals surface area contributed by atoms with Gasteiger partial charge < -0.3 is 16.0 Å². The Bertz CT molecular complexity index is 734.